The molecule has 0 bridgehead atoms. The topological polar surface area (TPSA) is 101 Å². The molecule has 4 saturated carbocycles. The first-order valence-electron chi connectivity index (χ1n) is 14.3. The Morgan fingerprint density at radius 1 is 1.08 bits per heavy atom. The molecule has 4 rings (SSSR count). The van der Waals surface area contributed by atoms with Gasteiger partial charge in [-0.15, -0.1) is 0 Å². The van der Waals surface area contributed by atoms with Crippen LogP contribution in [0.3, 0.4) is 0 Å². The van der Waals surface area contributed by atoms with E-state index in [-0.39, 0.29) is 60.2 Å². The Morgan fingerprint density at radius 2 is 1.79 bits per heavy atom. The Labute approximate surface area is 227 Å². The van der Waals surface area contributed by atoms with Gasteiger partial charge in [0.05, 0.1) is 25.6 Å². The van der Waals surface area contributed by atoms with Crippen LogP contribution in [0.5, 0.6) is 0 Å². The van der Waals surface area contributed by atoms with Crippen LogP contribution in [-0.4, -0.2) is 64.0 Å². The van der Waals surface area contributed by atoms with Crippen LogP contribution >= 0.6 is 0 Å². The summed E-state index contributed by atoms with van der Waals surface area (Å²) in [5.41, 5.74) is 0.306. The van der Waals surface area contributed by atoms with E-state index < -0.39 is 0 Å². The van der Waals surface area contributed by atoms with Crippen molar-refractivity contribution in [1.29, 1.82) is 0 Å². The second kappa shape index (κ2) is 11.9. The van der Waals surface area contributed by atoms with Crippen molar-refractivity contribution in [3.63, 3.8) is 0 Å². The molecule has 0 heterocycles. The molecule has 0 amide bonds. The van der Waals surface area contributed by atoms with Gasteiger partial charge in [0.2, 0.25) is 0 Å². The molecule has 8 nitrogen and oxygen atoms in total. The van der Waals surface area contributed by atoms with Crippen molar-refractivity contribution in [3.05, 3.63) is 11.8 Å². The van der Waals surface area contributed by atoms with Gasteiger partial charge in [0.25, 0.3) is 0 Å². The van der Waals surface area contributed by atoms with Crippen LogP contribution < -0.4 is 0 Å². The molecular formula is C30H48O8. The lowest BCUT2D eigenvalue weighted by molar-refractivity contribution is -0.241. The number of hydrogen-bond acceptors (Lipinski definition) is 8. The molecule has 0 radical (unpaired) electrons. The minimum Gasteiger partial charge on any atom is -0.515 e. The molecular weight excluding hydrogens is 488 g/mol. The normalized spacial score (nSPS) is 42.3. The fraction of sp³-hybridized carbons (Fsp3) is 0.867. The van der Waals surface area contributed by atoms with Gasteiger partial charge in [-0.2, -0.15) is 0 Å². The van der Waals surface area contributed by atoms with Crippen LogP contribution in [0.25, 0.3) is 0 Å². The highest BCUT2D eigenvalue weighted by Crippen LogP contribution is 2.69. The minimum absolute atomic E-state index is 0.00214. The molecule has 4 fully saturated rings. The first kappa shape index (κ1) is 29.5. The predicted molar refractivity (Wildman–Crippen MR) is 141 cm³/mol. The van der Waals surface area contributed by atoms with Gasteiger partial charge < -0.3 is 28.8 Å². The number of hydrogen-bond donors (Lipinski definition) is 1. The van der Waals surface area contributed by atoms with Gasteiger partial charge in [0.1, 0.15) is 13.6 Å². The third-order valence-corrected chi connectivity index (χ3v) is 11.2. The SMILES string of the molecule is COCO[C@H]1C[C@H]2[C@@H]([C@H](OCOC)C[C@@H]3CC(=O)/C(=C\O)C[C@@]32C)[C@@H]2CC[C@H]([C@H](C)CCC(=O)OC)[C@@]12C. The van der Waals surface area contributed by atoms with E-state index in [2.05, 4.69) is 20.8 Å². The number of carbonyl (C=O) groups excluding carboxylic acids is 2. The number of aliphatic hydroxyl groups is 1. The molecule has 10 atom stereocenters. The summed E-state index contributed by atoms with van der Waals surface area (Å²) in [5.74, 6) is 1.75. The third-order valence-electron chi connectivity index (χ3n) is 11.2. The number of esters is 1. The number of rotatable bonds is 10. The number of allylic oxidation sites excluding steroid dienone is 1. The lowest BCUT2D eigenvalue weighted by Gasteiger charge is -2.64. The van der Waals surface area contributed by atoms with Gasteiger partial charge in [-0.25, -0.2) is 0 Å². The largest absolute Gasteiger partial charge is 0.515 e. The van der Waals surface area contributed by atoms with Crippen molar-refractivity contribution in [2.75, 3.05) is 34.9 Å². The van der Waals surface area contributed by atoms with Crippen LogP contribution in [0.4, 0.5) is 0 Å². The first-order valence-corrected chi connectivity index (χ1v) is 14.3. The second-order valence-electron chi connectivity index (χ2n) is 12.7. The van der Waals surface area contributed by atoms with E-state index >= 15 is 0 Å². The predicted octanol–water partition coefficient (Wildman–Crippen LogP) is 5.05. The fourth-order valence-electron chi connectivity index (χ4n) is 9.35. The monoisotopic (exact) mass is 536 g/mol. The van der Waals surface area contributed by atoms with Crippen molar-refractivity contribution in [2.45, 2.75) is 84.3 Å². The standard InChI is InChI=1S/C30H48O8/c1-18(7-10-27(33)36-6)21-8-9-22-28-23(13-26(30(21,22)3)38-17-35-5)29(2)14-19(15-31)24(32)11-20(29)12-25(28)37-16-34-4/h15,18,20-23,25-26,28,31H,7-14,16-17H2,1-6H3/b19-15-/t18-,20+,21-,22+,23+,25-,26+,28+,29+,30-/m1/s1. The third kappa shape index (κ3) is 5.06. The first-order chi connectivity index (χ1) is 18.1. The second-order valence-corrected chi connectivity index (χ2v) is 12.7. The summed E-state index contributed by atoms with van der Waals surface area (Å²) < 4.78 is 28.6. The molecule has 0 unspecified atom stereocenters. The molecule has 0 aliphatic heterocycles. The molecule has 4 aliphatic rings. The van der Waals surface area contributed by atoms with E-state index in [1.807, 2.05) is 0 Å². The van der Waals surface area contributed by atoms with Crippen LogP contribution in [0, 0.1) is 46.3 Å². The summed E-state index contributed by atoms with van der Waals surface area (Å²) in [6.07, 6.45) is 7.11. The summed E-state index contributed by atoms with van der Waals surface area (Å²) in [6, 6.07) is 0. The Morgan fingerprint density at radius 3 is 2.45 bits per heavy atom. The van der Waals surface area contributed by atoms with Gasteiger partial charge in [0, 0.05) is 38.0 Å². The summed E-state index contributed by atoms with van der Waals surface area (Å²) in [5, 5.41) is 9.89. The molecule has 4 aliphatic carbocycles. The number of methoxy groups -OCH3 is 3. The zero-order valence-electron chi connectivity index (χ0n) is 24.1. The molecule has 0 aromatic carbocycles. The highest BCUT2D eigenvalue weighted by atomic mass is 16.7. The van der Waals surface area contributed by atoms with E-state index in [1.54, 1.807) is 14.2 Å². The number of aliphatic hydroxyl groups excluding tert-OH is 1. The summed E-state index contributed by atoms with van der Waals surface area (Å²) >= 11 is 0. The summed E-state index contributed by atoms with van der Waals surface area (Å²) in [6.45, 7) is 7.45. The van der Waals surface area contributed by atoms with Crippen LogP contribution in [0.2, 0.25) is 0 Å². The molecule has 0 saturated heterocycles. The van der Waals surface area contributed by atoms with Crippen molar-refractivity contribution in [3.8, 4) is 0 Å². The average Bonchev–Trinajstić information content (AvgIpc) is 3.27. The maximum Gasteiger partial charge on any atom is 0.305 e. The zero-order chi connectivity index (χ0) is 27.7. The lowest BCUT2D eigenvalue weighted by Crippen LogP contribution is -2.63. The van der Waals surface area contributed by atoms with Crippen molar-refractivity contribution >= 4 is 11.8 Å². The Kier molecular flexibility index (Phi) is 9.28. The number of ketones is 1. The lowest BCUT2D eigenvalue weighted by atomic mass is 9.42. The molecule has 0 aromatic rings. The number of ether oxygens (including phenoxy) is 5. The van der Waals surface area contributed by atoms with Crippen molar-refractivity contribution < 1.29 is 38.4 Å². The summed E-state index contributed by atoms with van der Waals surface area (Å²) in [7, 11) is 4.76. The van der Waals surface area contributed by atoms with E-state index in [0.717, 1.165) is 38.4 Å². The molecule has 1 N–H and O–H groups in total. The minimum atomic E-state index is -0.161. The van der Waals surface area contributed by atoms with Gasteiger partial charge >= 0.3 is 5.97 Å². The smallest absolute Gasteiger partial charge is 0.305 e. The van der Waals surface area contributed by atoms with Crippen LogP contribution in [0.15, 0.2) is 11.8 Å². The average molecular weight is 537 g/mol. The molecule has 38 heavy (non-hydrogen) atoms. The van der Waals surface area contributed by atoms with E-state index in [4.69, 9.17) is 23.7 Å². The maximum atomic E-state index is 12.8. The molecule has 0 aromatic heterocycles. The molecule has 0 spiro atoms. The van der Waals surface area contributed by atoms with Crippen molar-refractivity contribution in [1.82, 2.24) is 0 Å². The van der Waals surface area contributed by atoms with Gasteiger partial charge in [-0.05, 0) is 79.4 Å². The Bertz CT molecular complexity index is 887. The number of carbonyl (C=O) groups is 2. The maximum absolute atomic E-state index is 12.8. The number of Topliss-reactive ketones (excluding diaryl/α,β-unsaturated/α-hetero) is 1. The molecule has 8 heteroatoms. The Balaban J connectivity index is 1.71. The fourth-order valence-corrected chi connectivity index (χ4v) is 9.35. The van der Waals surface area contributed by atoms with Crippen LogP contribution in [0.1, 0.15) is 72.1 Å². The zero-order valence-corrected chi connectivity index (χ0v) is 24.1. The van der Waals surface area contributed by atoms with Crippen molar-refractivity contribution in [2.24, 2.45) is 46.3 Å². The quantitative estimate of drug-likeness (QED) is 0.179. The van der Waals surface area contributed by atoms with E-state index in [1.165, 1.54) is 7.11 Å². The van der Waals surface area contributed by atoms with Gasteiger partial charge in [-0.3, -0.25) is 9.59 Å². The molecule has 216 valence electrons. The van der Waals surface area contributed by atoms with E-state index in [0.29, 0.717) is 48.5 Å². The summed E-state index contributed by atoms with van der Waals surface area (Å²) in [4.78, 5) is 24.8. The van der Waals surface area contributed by atoms with Crippen LogP contribution in [-0.2, 0) is 33.3 Å². The van der Waals surface area contributed by atoms with Gasteiger partial charge in [0.15, 0.2) is 5.78 Å². The number of fused-ring (bicyclic) bond motifs is 5. The highest BCUT2D eigenvalue weighted by Gasteiger charge is 2.67. The van der Waals surface area contributed by atoms with Gasteiger partial charge in [-0.1, -0.05) is 20.8 Å². The Hall–Kier alpha value is -1.48. The van der Waals surface area contributed by atoms with E-state index in [9.17, 15) is 14.7 Å². The highest BCUT2D eigenvalue weighted by molar-refractivity contribution is 5.96.